The van der Waals surface area contributed by atoms with E-state index in [1.54, 1.807) is 25.1 Å². The van der Waals surface area contributed by atoms with E-state index < -0.39 is 0 Å². The Bertz CT molecular complexity index is 379. The van der Waals surface area contributed by atoms with Gasteiger partial charge >= 0.3 is 5.97 Å². The fourth-order valence-corrected chi connectivity index (χ4v) is 1.19. The summed E-state index contributed by atoms with van der Waals surface area (Å²) in [5.41, 5.74) is 0.778. The fraction of sp³-hybridized carbons (Fsp3) is 0.357. The van der Waals surface area contributed by atoms with Crippen molar-refractivity contribution < 1.29 is 14.6 Å². The van der Waals surface area contributed by atoms with E-state index in [0.717, 1.165) is 5.56 Å². The highest BCUT2D eigenvalue weighted by molar-refractivity contribution is 5.69. The SMILES string of the molecule is C1=CC1.CCOC(=O)CCc1ccccc1O. The van der Waals surface area contributed by atoms with Crippen LogP contribution < -0.4 is 0 Å². The van der Waals surface area contributed by atoms with Crippen molar-refractivity contribution in [3.05, 3.63) is 42.0 Å². The van der Waals surface area contributed by atoms with Gasteiger partial charge in [-0.1, -0.05) is 30.4 Å². The molecule has 0 amide bonds. The topological polar surface area (TPSA) is 46.5 Å². The van der Waals surface area contributed by atoms with Gasteiger partial charge in [-0.05, 0) is 31.4 Å². The van der Waals surface area contributed by atoms with Gasteiger partial charge in [-0.15, -0.1) is 0 Å². The number of esters is 1. The van der Waals surface area contributed by atoms with Crippen molar-refractivity contribution in [3.63, 3.8) is 0 Å². The number of carbonyl (C=O) groups excluding carboxylic acids is 1. The van der Waals surface area contributed by atoms with Crippen molar-refractivity contribution in [1.29, 1.82) is 0 Å². The summed E-state index contributed by atoms with van der Waals surface area (Å²) in [6.45, 7) is 2.18. The van der Waals surface area contributed by atoms with Crippen LogP contribution in [0.2, 0.25) is 0 Å². The Kier molecular flexibility index (Phi) is 5.86. The number of phenols is 1. The molecule has 0 aromatic heterocycles. The number of benzene rings is 1. The summed E-state index contributed by atoms with van der Waals surface area (Å²) in [5.74, 6) is 0.00699. The average Bonchev–Trinajstić information content (AvgIpc) is 3.16. The van der Waals surface area contributed by atoms with Crippen LogP contribution in [0.15, 0.2) is 36.4 Å². The summed E-state index contributed by atoms with van der Waals surface area (Å²) in [6.07, 6.45) is 6.33. The van der Waals surface area contributed by atoms with E-state index >= 15 is 0 Å². The van der Waals surface area contributed by atoms with Crippen LogP contribution in [0, 0.1) is 0 Å². The highest BCUT2D eigenvalue weighted by Crippen LogP contribution is 2.17. The van der Waals surface area contributed by atoms with Gasteiger partial charge in [-0.2, -0.15) is 0 Å². The number of carbonyl (C=O) groups is 1. The summed E-state index contributed by atoms with van der Waals surface area (Å²) in [7, 11) is 0. The second-order valence-electron chi connectivity index (χ2n) is 3.64. The molecule has 1 N–H and O–H groups in total. The van der Waals surface area contributed by atoms with Gasteiger partial charge in [-0.3, -0.25) is 4.79 Å². The van der Waals surface area contributed by atoms with Gasteiger partial charge in [0, 0.05) is 6.42 Å². The molecular formula is C14H18O3. The van der Waals surface area contributed by atoms with E-state index in [9.17, 15) is 9.90 Å². The Hall–Kier alpha value is -1.77. The van der Waals surface area contributed by atoms with Crippen molar-refractivity contribution in [2.45, 2.75) is 26.2 Å². The molecule has 1 aliphatic carbocycles. The second kappa shape index (κ2) is 7.49. The van der Waals surface area contributed by atoms with Crippen molar-refractivity contribution in [1.82, 2.24) is 0 Å². The van der Waals surface area contributed by atoms with Crippen LogP contribution in [-0.2, 0) is 16.0 Å². The zero-order valence-corrected chi connectivity index (χ0v) is 10.1. The Labute approximate surface area is 102 Å². The lowest BCUT2D eigenvalue weighted by Gasteiger charge is -2.03. The molecule has 0 aliphatic heterocycles. The number of allylic oxidation sites excluding steroid dienone is 2. The molecule has 0 unspecified atom stereocenters. The Balaban J connectivity index is 0.000000415. The predicted molar refractivity (Wildman–Crippen MR) is 66.8 cm³/mol. The molecule has 3 nitrogen and oxygen atoms in total. The molecule has 2 rings (SSSR count). The first kappa shape index (κ1) is 13.3. The van der Waals surface area contributed by atoms with Crippen LogP contribution in [-0.4, -0.2) is 17.7 Å². The molecule has 1 aromatic rings. The van der Waals surface area contributed by atoms with Crippen LogP contribution in [0.4, 0.5) is 0 Å². The lowest BCUT2D eigenvalue weighted by atomic mass is 10.1. The Morgan fingerprint density at radius 3 is 2.53 bits per heavy atom. The molecule has 17 heavy (non-hydrogen) atoms. The van der Waals surface area contributed by atoms with Crippen LogP contribution in [0.5, 0.6) is 5.75 Å². The van der Waals surface area contributed by atoms with Gasteiger partial charge in [0.25, 0.3) is 0 Å². The van der Waals surface area contributed by atoms with E-state index in [2.05, 4.69) is 12.2 Å². The Morgan fingerprint density at radius 1 is 1.35 bits per heavy atom. The molecule has 0 spiro atoms. The first-order chi connectivity index (χ1) is 8.24. The molecule has 1 aliphatic rings. The second-order valence-corrected chi connectivity index (χ2v) is 3.64. The minimum atomic E-state index is -0.226. The van der Waals surface area contributed by atoms with Gasteiger partial charge in [0.15, 0.2) is 0 Å². The van der Waals surface area contributed by atoms with Crippen molar-refractivity contribution in [3.8, 4) is 5.75 Å². The zero-order chi connectivity index (χ0) is 12.5. The fourth-order valence-electron chi connectivity index (χ4n) is 1.19. The molecule has 0 radical (unpaired) electrons. The number of hydrogen-bond donors (Lipinski definition) is 1. The highest BCUT2D eigenvalue weighted by atomic mass is 16.5. The maximum Gasteiger partial charge on any atom is 0.306 e. The predicted octanol–water partition coefficient (Wildman–Crippen LogP) is 2.83. The van der Waals surface area contributed by atoms with E-state index in [4.69, 9.17) is 4.74 Å². The summed E-state index contributed by atoms with van der Waals surface area (Å²) >= 11 is 0. The first-order valence-electron chi connectivity index (χ1n) is 5.81. The zero-order valence-electron chi connectivity index (χ0n) is 10.1. The van der Waals surface area contributed by atoms with E-state index in [0.29, 0.717) is 19.4 Å². The molecule has 3 heteroatoms. The summed E-state index contributed by atoms with van der Waals surface area (Å²) < 4.78 is 4.78. The third-order valence-corrected chi connectivity index (χ3v) is 2.13. The third-order valence-electron chi connectivity index (χ3n) is 2.13. The number of rotatable bonds is 4. The summed E-state index contributed by atoms with van der Waals surface area (Å²) in [4.78, 5) is 11.0. The number of aromatic hydroxyl groups is 1. The van der Waals surface area contributed by atoms with Crippen LogP contribution in [0.25, 0.3) is 0 Å². The van der Waals surface area contributed by atoms with Crippen molar-refractivity contribution in [2.24, 2.45) is 0 Å². The van der Waals surface area contributed by atoms with Gasteiger partial charge in [0.05, 0.1) is 6.61 Å². The third kappa shape index (κ3) is 6.40. The van der Waals surface area contributed by atoms with Gasteiger partial charge in [-0.25, -0.2) is 0 Å². The maximum atomic E-state index is 11.0. The molecule has 0 fully saturated rings. The number of ether oxygens (including phenoxy) is 1. The monoisotopic (exact) mass is 234 g/mol. The lowest BCUT2D eigenvalue weighted by Crippen LogP contribution is -2.05. The average molecular weight is 234 g/mol. The maximum absolute atomic E-state index is 11.0. The van der Waals surface area contributed by atoms with Gasteiger partial charge < -0.3 is 9.84 Å². The molecule has 0 saturated carbocycles. The van der Waals surface area contributed by atoms with Crippen LogP contribution in [0.1, 0.15) is 25.3 Å². The summed E-state index contributed by atoms with van der Waals surface area (Å²) in [5, 5.41) is 9.40. The lowest BCUT2D eigenvalue weighted by molar-refractivity contribution is -0.143. The molecule has 0 bridgehead atoms. The number of aryl methyl sites for hydroxylation is 1. The van der Waals surface area contributed by atoms with Crippen molar-refractivity contribution in [2.75, 3.05) is 6.61 Å². The van der Waals surface area contributed by atoms with E-state index in [-0.39, 0.29) is 11.7 Å². The van der Waals surface area contributed by atoms with E-state index in [1.807, 2.05) is 6.07 Å². The molecule has 0 saturated heterocycles. The standard InChI is InChI=1S/C11H14O3.C3H4/c1-2-14-11(13)8-7-9-5-3-4-6-10(9)12;1-2-3-1/h3-6,12H,2,7-8H2,1H3;1-2H,3H2. The van der Waals surface area contributed by atoms with Crippen LogP contribution >= 0.6 is 0 Å². The van der Waals surface area contributed by atoms with Gasteiger partial charge in [0.2, 0.25) is 0 Å². The molecular weight excluding hydrogens is 216 g/mol. The van der Waals surface area contributed by atoms with E-state index in [1.165, 1.54) is 6.42 Å². The minimum Gasteiger partial charge on any atom is -0.508 e. The highest BCUT2D eigenvalue weighted by Gasteiger charge is 2.04. The normalized spacial score (nSPS) is 11.4. The molecule has 0 atom stereocenters. The van der Waals surface area contributed by atoms with Gasteiger partial charge in [0.1, 0.15) is 5.75 Å². The largest absolute Gasteiger partial charge is 0.508 e. The number of phenolic OH excluding ortho intramolecular Hbond substituents is 1. The number of hydrogen-bond acceptors (Lipinski definition) is 3. The first-order valence-corrected chi connectivity index (χ1v) is 5.81. The molecule has 1 aromatic carbocycles. The summed E-state index contributed by atoms with van der Waals surface area (Å²) in [6, 6.07) is 7.00. The minimum absolute atomic E-state index is 0.226. The quantitative estimate of drug-likeness (QED) is 0.643. The smallest absolute Gasteiger partial charge is 0.306 e. The Morgan fingerprint density at radius 2 is 2.00 bits per heavy atom. The van der Waals surface area contributed by atoms with Crippen molar-refractivity contribution >= 4 is 5.97 Å². The molecule has 0 heterocycles. The number of para-hydroxylation sites is 1. The van der Waals surface area contributed by atoms with Crippen LogP contribution in [0.3, 0.4) is 0 Å². The molecule has 92 valence electrons.